The molecule has 5 nitrogen and oxygen atoms in total. The molecule has 0 saturated heterocycles. The van der Waals surface area contributed by atoms with Crippen molar-refractivity contribution < 1.29 is 14.0 Å². The first-order valence-electron chi connectivity index (χ1n) is 10.6. The Labute approximate surface area is 187 Å². The third-order valence-electron chi connectivity index (χ3n) is 5.00. The van der Waals surface area contributed by atoms with Crippen molar-refractivity contribution in [1.29, 1.82) is 0 Å². The Balaban J connectivity index is 1.81. The fourth-order valence-corrected chi connectivity index (χ4v) is 3.30. The van der Waals surface area contributed by atoms with Gasteiger partial charge in [0.2, 0.25) is 0 Å². The summed E-state index contributed by atoms with van der Waals surface area (Å²) in [5.74, 6) is -1.25. The fourth-order valence-electron chi connectivity index (χ4n) is 3.30. The molecule has 0 bridgehead atoms. The molecule has 166 valence electrons. The summed E-state index contributed by atoms with van der Waals surface area (Å²) in [5.41, 5.74) is 6.14. The Kier molecular flexibility index (Phi) is 7.25. The van der Waals surface area contributed by atoms with E-state index in [2.05, 4.69) is 36.0 Å². The number of amides is 2. The molecular formula is C26H28FN3O2. The van der Waals surface area contributed by atoms with Crippen LogP contribution in [0.3, 0.4) is 0 Å². The van der Waals surface area contributed by atoms with Crippen molar-refractivity contribution in [2.75, 3.05) is 0 Å². The first kappa shape index (κ1) is 23.0. The van der Waals surface area contributed by atoms with Gasteiger partial charge in [-0.15, -0.1) is 0 Å². The van der Waals surface area contributed by atoms with Crippen LogP contribution in [0.2, 0.25) is 0 Å². The molecule has 0 fully saturated rings. The average molecular weight is 434 g/mol. The Morgan fingerprint density at radius 2 is 1.78 bits per heavy atom. The van der Waals surface area contributed by atoms with Gasteiger partial charge < -0.3 is 4.57 Å². The normalized spacial score (nSPS) is 11.2. The van der Waals surface area contributed by atoms with Gasteiger partial charge >= 0.3 is 0 Å². The van der Waals surface area contributed by atoms with Crippen LogP contribution in [-0.2, 0) is 11.3 Å². The Morgan fingerprint density at radius 3 is 2.44 bits per heavy atom. The molecule has 1 heterocycles. The molecule has 1 aromatic heterocycles. The standard InChI is InChI=1S/C26H28FN3O2/c1-18(2)15-16-29-17-21(23-7-5-6-8-24(23)29)11-14-25(31)30(19(3)4)28-26(32)20-9-12-22(27)13-10-20/h5-15,17,19H,16H2,1-4H3,(H,28,32)/b14-11+. The van der Waals surface area contributed by atoms with E-state index in [1.165, 1.54) is 40.9 Å². The highest BCUT2D eigenvalue weighted by atomic mass is 19.1. The van der Waals surface area contributed by atoms with Crippen LogP contribution in [0.25, 0.3) is 17.0 Å². The fraction of sp³-hybridized carbons (Fsp3) is 0.231. The minimum Gasteiger partial charge on any atom is -0.343 e. The molecule has 0 spiro atoms. The molecule has 2 aromatic carbocycles. The second kappa shape index (κ2) is 10.1. The van der Waals surface area contributed by atoms with Crippen molar-refractivity contribution >= 4 is 28.8 Å². The van der Waals surface area contributed by atoms with Crippen molar-refractivity contribution in [2.24, 2.45) is 0 Å². The number of para-hydroxylation sites is 1. The molecule has 0 aliphatic carbocycles. The number of fused-ring (bicyclic) bond motifs is 1. The third-order valence-corrected chi connectivity index (χ3v) is 5.00. The zero-order valence-corrected chi connectivity index (χ0v) is 18.8. The second-order valence-electron chi connectivity index (χ2n) is 8.12. The lowest BCUT2D eigenvalue weighted by molar-refractivity contribution is -0.130. The smallest absolute Gasteiger partial charge is 0.269 e. The zero-order valence-electron chi connectivity index (χ0n) is 18.8. The highest BCUT2D eigenvalue weighted by molar-refractivity contribution is 5.99. The number of nitrogens with zero attached hydrogens (tertiary/aromatic N) is 2. The lowest BCUT2D eigenvalue weighted by Crippen LogP contribution is -2.49. The number of carbonyl (C=O) groups excluding carboxylic acids is 2. The van der Waals surface area contributed by atoms with Crippen molar-refractivity contribution in [1.82, 2.24) is 15.0 Å². The van der Waals surface area contributed by atoms with E-state index in [1.807, 2.05) is 38.2 Å². The molecule has 0 unspecified atom stereocenters. The van der Waals surface area contributed by atoms with E-state index in [1.54, 1.807) is 6.08 Å². The molecule has 6 heteroatoms. The number of benzene rings is 2. The zero-order chi connectivity index (χ0) is 23.3. The molecule has 0 radical (unpaired) electrons. The van der Waals surface area contributed by atoms with Gasteiger partial charge in [-0.2, -0.15) is 0 Å². The van der Waals surface area contributed by atoms with Crippen LogP contribution < -0.4 is 5.43 Å². The summed E-state index contributed by atoms with van der Waals surface area (Å²) in [6.45, 7) is 8.48. The molecule has 32 heavy (non-hydrogen) atoms. The first-order valence-corrected chi connectivity index (χ1v) is 10.6. The van der Waals surface area contributed by atoms with Crippen molar-refractivity contribution in [2.45, 2.75) is 40.3 Å². The third kappa shape index (κ3) is 5.52. The van der Waals surface area contributed by atoms with E-state index in [-0.39, 0.29) is 17.5 Å². The molecule has 2 amide bonds. The molecular weight excluding hydrogens is 405 g/mol. The monoisotopic (exact) mass is 433 g/mol. The number of hydrogen-bond acceptors (Lipinski definition) is 2. The van der Waals surface area contributed by atoms with Crippen LogP contribution in [0.1, 0.15) is 43.6 Å². The van der Waals surface area contributed by atoms with Gasteiger partial charge in [0.25, 0.3) is 11.8 Å². The summed E-state index contributed by atoms with van der Waals surface area (Å²) in [6, 6.07) is 12.9. The lowest BCUT2D eigenvalue weighted by atomic mass is 10.1. The number of hydrogen-bond donors (Lipinski definition) is 1. The SMILES string of the molecule is CC(C)=CCn1cc(/C=C/C(=O)N(NC(=O)c2ccc(F)cc2)C(C)C)c2ccccc21. The molecule has 0 atom stereocenters. The Hall–Kier alpha value is -3.67. The van der Waals surface area contributed by atoms with E-state index in [9.17, 15) is 14.0 Å². The van der Waals surface area contributed by atoms with Gasteiger partial charge in [-0.05, 0) is 64.1 Å². The van der Waals surface area contributed by atoms with Crippen LogP contribution >= 0.6 is 0 Å². The average Bonchev–Trinajstić information content (AvgIpc) is 3.12. The van der Waals surface area contributed by atoms with Crippen molar-refractivity contribution in [3.05, 3.63) is 89.4 Å². The minimum absolute atomic E-state index is 0.268. The van der Waals surface area contributed by atoms with Crippen molar-refractivity contribution in [3.63, 3.8) is 0 Å². The van der Waals surface area contributed by atoms with E-state index >= 15 is 0 Å². The topological polar surface area (TPSA) is 54.3 Å². The van der Waals surface area contributed by atoms with Gasteiger partial charge in [0.15, 0.2) is 0 Å². The van der Waals surface area contributed by atoms with E-state index in [4.69, 9.17) is 0 Å². The maximum atomic E-state index is 13.1. The summed E-state index contributed by atoms with van der Waals surface area (Å²) in [5, 5.41) is 2.31. The van der Waals surface area contributed by atoms with Gasteiger partial charge in [-0.25, -0.2) is 9.40 Å². The number of carbonyl (C=O) groups is 2. The van der Waals surface area contributed by atoms with E-state index in [0.717, 1.165) is 23.0 Å². The molecule has 0 aliphatic rings. The lowest BCUT2D eigenvalue weighted by Gasteiger charge is -2.25. The number of hydrazine groups is 1. The van der Waals surface area contributed by atoms with Crippen LogP contribution in [0.5, 0.6) is 0 Å². The maximum Gasteiger partial charge on any atom is 0.269 e. The summed E-state index contributed by atoms with van der Waals surface area (Å²) in [6.07, 6.45) is 7.39. The number of nitrogens with one attached hydrogen (secondary N) is 1. The molecule has 1 N–H and O–H groups in total. The number of halogens is 1. The van der Waals surface area contributed by atoms with Gasteiger partial charge in [0.05, 0.1) is 0 Å². The maximum absolute atomic E-state index is 13.1. The molecule has 0 saturated carbocycles. The minimum atomic E-state index is -0.473. The number of allylic oxidation sites excluding steroid dienone is 2. The Bertz CT molecular complexity index is 1170. The number of rotatable bonds is 6. The second-order valence-corrected chi connectivity index (χ2v) is 8.12. The van der Waals surface area contributed by atoms with Gasteiger partial charge in [0, 0.05) is 46.9 Å². The van der Waals surface area contributed by atoms with Crippen molar-refractivity contribution in [3.8, 4) is 0 Å². The van der Waals surface area contributed by atoms with Gasteiger partial charge in [-0.1, -0.05) is 29.8 Å². The van der Waals surface area contributed by atoms with Crippen LogP contribution in [0.4, 0.5) is 4.39 Å². The first-order chi connectivity index (χ1) is 15.3. The highest BCUT2D eigenvalue weighted by Crippen LogP contribution is 2.23. The van der Waals surface area contributed by atoms with Crippen LogP contribution in [0.15, 0.2) is 72.5 Å². The predicted octanol–water partition coefficient (Wildman–Crippen LogP) is 5.34. The van der Waals surface area contributed by atoms with Gasteiger partial charge in [0.1, 0.15) is 5.82 Å². The van der Waals surface area contributed by atoms with E-state index in [0.29, 0.717) is 0 Å². The number of aromatic nitrogens is 1. The van der Waals surface area contributed by atoms with Crippen LogP contribution in [0, 0.1) is 5.82 Å². The van der Waals surface area contributed by atoms with Gasteiger partial charge in [-0.3, -0.25) is 15.0 Å². The Morgan fingerprint density at radius 1 is 1.09 bits per heavy atom. The summed E-state index contributed by atoms with van der Waals surface area (Å²) >= 11 is 0. The van der Waals surface area contributed by atoms with E-state index < -0.39 is 11.7 Å². The molecule has 3 rings (SSSR count). The largest absolute Gasteiger partial charge is 0.343 e. The summed E-state index contributed by atoms with van der Waals surface area (Å²) in [7, 11) is 0. The van der Waals surface area contributed by atoms with Crippen LogP contribution in [-0.4, -0.2) is 27.4 Å². The predicted molar refractivity (Wildman–Crippen MR) is 126 cm³/mol. The molecule has 0 aliphatic heterocycles. The quantitative estimate of drug-likeness (QED) is 0.324. The summed E-state index contributed by atoms with van der Waals surface area (Å²) < 4.78 is 15.3. The summed E-state index contributed by atoms with van der Waals surface area (Å²) in [4.78, 5) is 25.4. The highest BCUT2D eigenvalue weighted by Gasteiger charge is 2.18. The molecule has 3 aromatic rings.